The van der Waals surface area contributed by atoms with Crippen molar-refractivity contribution in [2.45, 2.75) is 33.7 Å². The van der Waals surface area contributed by atoms with Gasteiger partial charge in [-0.2, -0.15) is 0 Å². The van der Waals surface area contributed by atoms with Gasteiger partial charge in [0.25, 0.3) is 0 Å². The van der Waals surface area contributed by atoms with E-state index in [2.05, 4.69) is 93.0 Å². The van der Waals surface area contributed by atoms with Gasteiger partial charge in [-0.1, -0.05) is 36.4 Å². The van der Waals surface area contributed by atoms with Gasteiger partial charge in [-0.15, -0.1) is 0 Å². The molecule has 0 N–H and O–H groups in total. The van der Waals surface area contributed by atoms with E-state index < -0.39 is 0 Å². The Balaban J connectivity index is 2.41. The van der Waals surface area contributed by atoms with Crippen LogP contribution in [0, 0.1) is 0 Å². The Hall–Kier alpha value is -2.28. The van der Waals surface area contributed by atoms with E-state index in [9.17, 15) is 0 Å². The van der Waals surface area contributed by atoms with Crippen molar-refractivity contribution < 1.29 is 0 Å². The van der Waals surface area contributed by atoms with Crippen molar-refractivity contribution in [3.8, 4) is 0 Å². The van der Waals surface area contributed by atoms with Crippen molar-refractivity contribution in [1.29, 1.82) is 0 Å². The van der Waals surface area contributed by atoms with Gasteiger partial charge in [-0.3, -0.25) is 0 Å². The minimum atomic E-state index is 0.445. The normalized spacial score (nSPS) is 12.6. The van der Waals surface area contributed by atoms with Crippen molar-refractivity contribution in [2.24, 2.45) is 0 Å². The Morgan fingerprint density at radius 3 is 1.59 bits per heavy atom. The maximum Gasteiger partial charge on any atom is 0.0494 e. The van der Waals surface area contributed by atoms with Gasteiger partial charge in [0.05, 0.1) is 0 Å². The molecule has 1 heteroatoms. The topological polar surface area (TPSA) is 4.93 Å². The molecule has 1 nitrogen and oxygen atoms in total. The SMILES string of the molecule is C/C=C/c1ccc2c(c1)c1cc(/C=C/C)ccc1n2C(C)C. The molecule has 3 rings (SSSR count). The summed E-state index contributed by atoms with van der Waals surface area (Å²) in [6, 6.07) is 14.0. The third-order valence-corrected chi connectivity index (χ3v) is 4.09. The summed E-state index contributed by atoms with van der Waals surface area (Å²) in [4.78, 5) is 0. The number of hydrogen-bond donors (Lipinski definition) is 0. The fourth-order valence-electron chi connectivity index (χ4n) is 3.24. The van der Waals surface area contributed by atoms with Crippen molar-refractivity contribution in [3.63, 3.8) is 0 Å². The zero-order valence-electron chi connectivity index (χ0n) is 13.8. The van der Waals surface area contributed by atoms with Gasteiger partial charge in [-0.25, -0.2) is 0 Å². The Labute approximate surface area is 132 Å². The maximum absolute atomic E-state index is 2.43. The summed E-state index contributed by atoms with van der Waals surface area (Å²) < 4.78 is 2.43. The van der Waals surface area contributed by atoms with Crippen LogP contribution in [0.2, 0.25) is 0 Å². The first kappa shape index (κ1) is 14.6. The maximum atomic E-state index is 2.43. The van der Waals surface area contributed by atoms with Crippen LogP contribution in [-0.4, -0.2) is 4.57 Å². The van der Waals surface area contributed by atoms with Crippen LogP contribution in [0.15, 0.2) is 48.6 Å². The van der Waals surface area contributed by atoms with E-state index in [0.29, 0.717) is 6.04 Å². The molecule has 0 aliphatic carbocycles. The zero-order chi connectivity index (χ0) is 15.7. The van der Waals surface area contributed by atoms with E-state index in [1.54, 1.807) is 0 Å². The van der Waals surface area contributed by atoms with Crippen molar-refractivity contribution >= 4 is 34.0 Å². The van der Waals surface area contributed by atoms with Crippen molar-refractivity contribution in [1.82, 2.24) is 4.57 Å². The van der Waals surface area contributed by atoms with Gasteiger partial charge in [0.1, 0.15) is 0 Å². The van der Waals surface area contributed by atoms with E-state index in [1.807, 2.05) is 0 Å². The Bertz CT molecular complexity index is 806. The summed E-state index contributed by atoms with van der Waals surface area (Å²) in [7, 11) is 0. The minimum absolute atomic E-state index is 0.445. The highest BCUT2D eigenvalue weighted by Gasteiger charge is 2.13. The Kier molecular flexibility index (Phi) is 3.89. The molecule has 112 valence electrons. The molecule has 22 heavy (non-hydrogen) atoms. The lowest BCUT2D eigenvalue weighted by molar-refractivity contribution is 0.642. The number of allylic oxidation sites excluding steroid dienone is 2. The number of hydrogen-bond acceptors (Lipinski definition) is 0. The lowest BCUT2D eigenvalue weighted by Gasteiger charge is -2.11. The number of rotatable bonds is 3. The Morgan fingerprint density at radius 1 is 0.773 bits per heavy atom. The van der Waals surface area contributed by atoms with Crippen LogP contribution in [0.1, 0.15) is 44.9 Å². The van der Waals surface area contributed by atoms with Gasteiger partial charge in [0, 0.05) is 27.8 Å². The fourth-order valence-corrected chi connectivity index (χ4v) is 3.24. The molecule has 2 aromatic carbocycles. The van der Waals surface area contributed by atoms with E-state index in [-0.39, 0.29) is 0 Å². The predicted molar refractivity (Wildman–Crippen MR) is 99.2 cm³/mol. The highest BCUT2D eigenvalue weighted by atomic mass is 15.0. The number of nitrogens with zero attached hydrogens (tertiary/aromatic N) is 1. The molecule has 3 aromatic rings. The number of fused-ring (bicyclic) bond motifs is 3. The average Bonchev–Trinajstić information content (AvgIpc) is 2.81. The molecule has 0 unspecified atom stereocenters. The van der Waals surface area contributed by atoms with Crippen molar-refractivity contribution in [2.75, 3.05) is 0 Å². The lowest BCUT2D eigenvalue weighted by atomic mass is 10.1. The first-order valence-electron chi connectivity index (χ1n) is 7.98. The highest BCUT2D eigenvalue weighted by molar-refractivity contribution is 6.09. The molecule has 1 aromatic heterocycles. The molecule has 0 spiro atoms. The van der Waals surface area contributed by atoms with Crippen LogP contribution in [0.3, 0.4) is 0 Å². The second-order valence-corrected chi connectivity index (χ2v) is 6.02. The van der Waals surface area contributed by atoms with Crippen LogP contribution in [0.4, 0.5) is 0 Å². The lowest BCUT2D eigenvalue weighted by Crippen LogP contribution is -1.99. The summed E-state index contributed by atoms with van der Waals surface area (Å²) in [5, 5.41) is 2.68. The summed E-state index contributed by atoms with van der Waals surface area (Å²) in [6.45, 7) is 8.62. The molecule has 0 saturated carbocycles. The van der Waals surface area contributed by atoms with E-state index in [4.69, 9.17) is 0 Å². The third-order valence-electron chi connectivity index (χ3n) is 4.09. The summed E-state index contributed by atoms with van der Waals surface area (Å²) >= 11 is 0. The van der Waals surface area contributed by atoms with Crippen LogP contribution < -0.4 is 0 Å². The molecule has 0 bridgehead atoms. The summed E-state index contributed by atoms with van der Waals surface area (Å²) in [6.07, 6.45) is 8.50. The average molecular weight is 289 g/mol. The molecular formula is C21H23N. The summed E-state index contributed by atoms with van der Waals surface area (Å²) in [5.74, 6) is 0. The van der Waals surface area contributed by atoms with Crippen LogP contribution >= 0.6 is 0 Å². The smallest absolute Gasteiger partial charge is 0.0494 e. The van der Waals surface area contributed by atoms with Gasteiger partial charge < -0.3 is 4.57 Å². The van der Waals surface area contributed by atoms with Crippen LogP contribution in [0.5, 0.6) is 0 Å². The molecule has 0 fully saturated rings. The van der Waals surface area contributed by atoms with E-state index in [0.717, 1.165) is 0 Å². The quantitative estimate of drug-likeness (QED) is 0.522. The molecular weight excluding hydrogens is 266 g/mol. The predicted octanol–water partition coefficient (Wildman–Crippen LogP) is 6.44. The van der Waals surface area contributed by atoms with Gasteiger partial charge >= 0.3 is 0 Å². The summed E-state index contributed by atoms with van der Waals surface area (Å²) in [5.41, 5.74) is 5.15. The first-order chi connectivity index (χ1) is 10.7. The van der Waals surface area contributed by atoms with Crippen molar-refractivity contribution in [3.05, 3.63) is 59.7 Å². The fraction of sp³-hybridized carbons (Fsp3) is 0.238. The molecule has 0 aliphatic heterocycles. The minimum Gasteiger partial charge on any atom is -0.338 e. The number of benzene rings is 2. The monoisotopic (exact) mass is 289 g/mol. The van der Waals surface area contributed by atoms with E-state index >= 15 is 0 Å². The first-order valence-corrected chi connectivity index (χ1v) is 7.98. The molecule has 0 amide bonds. The molecule has 0 aliphatic rings. The molecule has 0 atom stereocenters. The van der Waals surface area contributed by atoms with Gasteiger partial charge in [0.15, 0.2) is 0 Å². The van der Waals surface area contributed by atoms with Crippen LogP contribution in [-0.2, 0) is 0 Å². The second kappa shape index (κ2) is 5.84. The Morgan fingerprint density at radius 2 is 1.23 bits per heavy atom. The van der Waals surface area contributed by atoms with E-state index in [1.165, 1.54) is 32.9 Å². The largest absolute Gasteiger partial charge is 0.338 e. The van der Waals surface area contributed by atoms with Gasteiger partial charge in [-0.05, 0) is 63.1 Å². The zero-order valence-corrected chi connectivity index (χ0v) is 13.8. The molecule has 0 saturated heterocycles. The highest BCUT2D eigenvalue weighted by Crippen LogP contribution is 2.33. The second-order valence-electron chi connectivity index (χ2n) is 6.02. The standard InChI is InChI=1S/C21H23N/c1-5-7-16-9-11-20-18(13-16)19-14-17(8-6-2)10-12-21(19)22(20)15(3)4/h5-15H,1-4H3/b7-5+,8-6+. The molecule has 0 radical (unpaired) electrons. The van der Waals surface area contributed by atoms with Gasteiger partial charge in [0.2, 0.25) is 0 Å². The third kappa shape index (κ3) is 2.37. The number of aromatic nitrogens is 1. The van der Waals surface area contributed by atoms with Crippen LogP contribution in [0.25, 0.3) is 34.0 Å². The molecule has 1 heterocycles.